The van der Waals surface area contributed by atoms with E-state index in [2.05, 4.69) is 58.8 Å². The SMILES string of the molecule is CC(C)(C)c1ccc(-c2nc(Br)c(CO)[nH]2)cc1. The number of rotatable bonds is 2. The topological polar surface area (TPSA) is 48.9 Å². The average molecular weight is 309 g/mol. The van der Waals surface area contributed by atoms with Crippen molar-refractivity contribution in [2.45, 2.75) is 32.8 Å². The molecule has 0 unspecified atom stereocenters. The van der Waals surface area contributed by atoms with Crippen molar-refractivity contribution in [2.24, 2.45) is 0 Å². The lowest BCUT2D eigenvalue weighted by molar-refractivity contribution is 0.276. The molecule has 1 heterocycles. The van der Waals surface area contributed by atoms with E-state index in [9.17, 15) is 0 Å². The molecule has 96 valence electrons. The number of halogens is 1. The van der Waals surface area contributed by atoms with E-state index in [1.165, 1.54) is 5.56 Å². The maximum Gasteiger partial charge on any atom is 0.138 e. The van der Waals surface area contributed by atoms with Gasteiger partial charge in [-0.1, -0.05) is 45.0 Å². The standard InChI is InChI=1S/C14H17BrN2O/c1-14(2,3)10-6-4-9(5-7-10)13-16-11(8-18)12(15)17-13/h4-7,18H,8H2,1-3H3,(H,16,17). The average Bonchev–Trinajstić information content (AvgIpc) is 2.69. The molecule has 0 atom stereocenters. The van der Waals surface area contributed by atoms with Gasteiger partial charge in [-0.15, -0.1) is 0 Å². The quantitative estimate of drug-likeness (QED) is 0.890. The van der Waals surface area contributed by atoms with Gasteiger partial charge in [-0.25, -0.2) is 4.98 Å². The van der Waals surface area contributed by atoms with Gasteiger partial charge in [0, 0.05) is 5.56 Å². The van der Waals surface area contributed by atoms with Crippen molar-refractivity contribution in [3.05, 3.63) is 40.1 Å². The first-order chi connectivity index (χ1) is 8.41. The molecule has 2 N–H and O–H groups in total. The Kier molecular flexibility index (Phi) is 3.59. The van der Waals surface area contributed by atoms with Crippen LogP contribution in [0.4, 0.5) is 0 Å². The van der Waals surface area contributed by atoms with E-state index < -0.39 is 0 Å². The molecule has 2 aromatic rings. The fourth-order valence-electron chi connectivity index (χ4n) is 1.76. The van der Waals surface area contributed by atoms with Gasteiger partial charge in [0.25, 0.3) is 0 Å². The molecular formula is C14H17BrN2O. The second-order valence-electron chi connectivity index (χ2n) is 5.34. The summed E-state index contributed by atoms with van der Waals surface area (Å²) in [6.07, 6.45) is 0. The number of H-pyrrole nitrogens is 1. The highest BCUT2D eigenvalue weighted by Gasteiger charge is 2.14. The predicted molar refractivity (Wildman–Crippen MR) is 76.3 cm³/mol. The van der Waals surface area contributed by atoms with Gasteiger partial charge in [-0.2, -0.15) is 0 Å². The predicted octanol–water partition coefficient (Wildman–Crippen LogP) is 3.63. The molecule has 1 aromatic carbocycles. The maximum absolute atomic E-state index is 9.13. The Morgan fingerprint density at radius 1 is 1.22 bits per heavy atom. The van der Waals surface area contributed by atoms with Crippen LogP contribution in [0.2, 0.25) is 0 Å². The van der Waals surface area contributed by atoms with Crippen molar-refractivity contribution in [2.75, 3.05) is 0 Å². The van der Waals surface area contributed by atoms with Gasteiger partial charge < -0.3 is 10.1 Å². The first kappa shape index (κ1) is 13.3. The largest absolute Gasteiger partial charge is 0.390 e. The minimum atomic E-state index is -0.0480. The zero-order valence-electron chi connectivity index (χ0n) is 10.8. The third kappa shape index (κ3) is 2.65. The molecule has 0 aliphatic rings. The molecule has 0 spiro atoms. The molecule has 3 nitrogen and oxygen atoms in total. The molecule has 0 aliphatic heterocycles. The van der Waals surface area contributed by atoms with Crippen LogP contribution in [0.5, 0.6) is 0 Å². The van der Waals surface area contributed by atoms with Gasteiger partial charge in [-0.3, -0.25) is 0 Å². The molecule has 0 saturated carbocycles. The van der Waals surface area contributed by atoms with Crippen LogP contribution in [0, 0.1) is 0 Å². The van der Waals surface area contributed by atoms with Crippen LogP contribution in [-0.2, 0) is 12.0 Å². The van der Waals surface area contributed by atoms with Gasteiger partial charge in [0.1, 0.15) is 10.4 Å². The number of hydrogen-bond acceptors (Lipinski definition) is 2. The molecule has 0 bridgehead atoms. The minimum absolute atomic E-state index is 0.0480. The second-order valence-corrected chi connectivity index (χ2v) is 6.09. The van der Waals surface area contributed by atoms with Crippen LogP contribution in [0.25, 0.3) is 11.4 Å². The van der Waals surface area contributed by atoms with E-state index in [0.29, 0.717) is 10.3 Å². The molecule has 0 fully saturated rings. The van der Waals surface area contributed by atoms with E-state index in [-0.39, 0.29) is 12.0 Å². The van der Waals surface area contributed by atoms with E-state index in [0.717, 1.165) is 11.4 Å². The Labute approximate surface area is 115 Å². The van der Waals surface area contributed by atoms with Crippen molar-refractivity contribution in [1.29, 1.82) is 0 Å². The number of aromatic nitrogens is 2. The Bertz CT molecular complexity index is 538. The van der Waals surface area contributed by atoms with Gasteiger partial charge >= 0.3 is 0 Å². The number of aliphatic hydroxyl groups excluding tert-OH is 1. The number of hydrogen-bond donors (Lipinski definition) is 2. The summed E-state index contributed by atoms with van der Waals surface area (Å²) in [6.45, 7) is 6.52. The lowest BCUT2D eigenvalue weighted by Crippen LogP contribution is -2.10. The zero-order chi connectivity index (χ0) is 13.3. The number of nitrogens with one attached hydrogen (secondary N) is 1. The number of imidazole rings is 1. The molecular weight excluding hydrogens is 292 g/mol. The van der Waals surface area contributed by atoms with Gasteiger partial charge in [-0.05, 0) is 26.9 Å². The first-order valence-electron chi connectivity index (χ1n) is 5.88. The Balaban J connectivity index is 2.34. The summed E-state index contributed by atoms with van der Waals surface area (Å²) >= 11 is 3.32. The maximum atomic E-state index is 9.13. The van der Waals surface area contributed by atoms with E-state index in [1.54, 1.807) is 0 Å². The zero-order valence-corrected chi connectivity index (χ0v) is 12.4. The van der Waals surface area contributed by atoms with E-state index in [1.807, 2.05) is 12.1 Å². The third-order valence-electron chi connectivity index (χ3n) is 2.91. The normalized spacial score (nSPS) is 11.8. The van der Waals surface area contributed by atoms with Crippen molar-refractivity contribution < 1.29 is 5.11 Å². The molecule has 2 rings (SSSR count). The minimum Gasteiger partial charge on any atom is -0.390 e. The summed E-state index contributed by atoms with van der Waals surface area (Å²) in [5.74, 6) is 0.770. The van der Waals surface area contributed by atoms with Crippen LogP contribution >= 0.6 is 15.9 Å². The lowest BCUT2D eigenvalue weighted by atomic mass is 9.87. The van der Waals surface area contributed by atoms with Crippen molar-refractivity contribution >= 4 is 15.9 Å². The summed E-state index contributed by atoms with van der Waals surface area (Å²) in [5, 5.41) is 9.13. The summed E-state index contributed by atoms with van der Waals surface area (Å²) in [6, 6.07) is 8.33. The molecule has 0 radical (unpaired) electrons. The highest BCUT2D eigenvalue weighted by Crippen LogP contribution is 2.26. The smallest absolute Gasteiger partial charge is 0.138 e. The van der Waals surface area contributed by atoms with Crippen LogP contribution in [0.1, 0.15) is 32.0 Å². The highest BCUT2D eigenvalue weighted by molar-refractivity contribution is 9.10. The lowest BCUT2D eigenvalue weighted by Gasteiger charge is -2.18. The number of aromatic amines is 1. The summed E-state index contributed by atoms with van der Waals surface area (Å²) in [4.78, 5) is 7.44. The van der Waals surface area contributed by atoms with E-state index >= 15 is 0 Å². The monoisotopic (exact) mass is 308 g/mol. The van der Waals surface area contributed by atoms with Crippen LogP contribution in [0.15, 0.2) is 28.9 Å². The molecule has 0 amide bonds. The van der Waals surface area contributed by atoms with Gasteiger partial charge in [0.05, 0.1) is 12.3 Å². The third-order valence-corrected chi connectivity index (χ3v) is 3.57. The Morgan fingerprint density at radius 3 is 2.28 bits per heavy atom. The number of benzene rings is 1. The van der Waals surface area contributed by atoms with E-state index in [4.69, 9.17) is 5.11 Å². The molecule has 1 aromatic heterocycles. The van der Waals surface area contributed by atoms with Gasteiger partial charge in [0.2, 0.25) is 0 Å². The Hall–Kier alpha value is -1.13. The molecule has 18 heavy (non-hydrogen) atoms. The second kappa shape index (κ2) is 4.86. The highest BCUT2D eigenvalue weighted by atomic mass is 79.9. The van der Waals surface area contributed by atoms with Crippen LogP contribution in [-0.4, -0.2) is 15.1 Å². The summed E-state index contributed by atoms with van der Waals surface area (Å²) < 4.78 is 0.667. The van der Waals surface area contributed by atoms with Crippen molar-refractivity contribution in [3.63, 3.8) is 0 Å². The molecule has 0 aliphatic carbocycles. The molecule has 4 heteroatoms. The fraction of sp³-hybridized carbons (Fsp3) is 0.357. The van der Waals surface area contributed by atoms with Crippen molar-refractivity contribution in [3.8, 4) is 11.4 Å². The van der Waals surface area contributed by atoms with Crippen molar-refractivity contribution in [1.82, 2.24) is 9.97 Å². The first-order valence-corrected chi connectivity index (χ1v) is 6.67. The number of nitrogens with zero attached hydrogens (tertiary/aromatic N) is 1. The van der Waals surface area contributed by atoms with Gasteiger partial charge in [0.15, 0.2) is 0 Å². The summed E-state index contributed by atoms with van der Waals surface area (Å²) in [5.41, 5.74) is 3.16. The summed E-state index contributed by atoms with van der Waals surface area (Å²) in [7, 11) is 0. The molecule has 0 saturated heterocycles. The number of aliphatic hydroxyl groups is 1. The Morgan fingerprint density at radius 2 is 1.83 bits per heavy atom. The van der Waals surface area contributed by atoms with Crippen LogP contribution < -0.4 is 0 Å². The van der Waals surface area contributed by atoms with Crippen LogP contribution in [0.3, 0.4) is 0 Å². The fourth-order valence-corrected chi connectivity index (χ4v) is 2.16.